The third-order valence-corrected chi connectivity index (χ3v) is 6.27. The smallest absolute Gasteiger partial charge is 0.247 e. The van der Waals surface area contributed by atoms with Crippen molar-refractivity contribution in [2.75, 3.05) is 26.1 Å². The Morgan fingerprint density at radius 2 is 2.07 bits per heavy atom. The highest BCUT2D eigenvalue weighted by Gasteiger charge is 2.41. The number of aryl methyl sites for hydroxylation is 1. The number of sulfonamides is 1. The van der Waals surface area contributed by atoms with E-state index in [1.54, 1.807) is 19.1 Å². The molecular weight excluding hydrogens is 374 g/mol. The molecule has 0 radical (unpaired) electrons. The van der Waals surface area contributed by atoms with Crippen molar-refractivity contribution in [2.45, 2.75) is 30.7 Å². The van der Waals surface area contributed by atoms with Gasteiger partial charge in [-0.25, -0.2) is 8.42 Å². The van der Waals surface area contributed by atoms with E-state index in [1.807, 2.05) is 0 Å². The minimum atomic E-state index is -3.97. The molecule has 0 saturated carbocycles. The molecule has 9 nitrogen and oxygen atoms in total. The molecular formula is C17H21N3O6S. The topological polar surface area (TPSA) is 111 Å². The molecule has 2 heterocycles. The first-order valence-corrected chi connectivity index (χ1v) is 9.79. The molecule has 1 saturated heterocycles. The molecule has 2 aromatic rings. The van der Waals surface area contributed by atoms with Crippen molar-refractivity contribution >= 4 is 21.7 Å². The van der Waals surface area contributed by atoms with Gasteiger partial charge in [0.2, 0.25) is 15.9 Å². The first kappa shape index (κ1) is 19.2. The number of carbonyl (C=O) groups excluding carboxylic acids is 1. The van der Waals surface area contributed by atoms with Crippen LogP contribution in [0.3, 0.4) is 0 Å². The zero-order valence-electron chi connectivity index (χ0n) is 15.3. The van der Waals surface area contributed by atoms with Gasteiger partial charge in [0, 0.05) is 18.7 Å². The van der Waals surface area contributed by atoms with Gasteiger partial charge in [0.05, 0.1) is 14.2 Å². The highest BCUT2D eigenvalue weighted by atomic mass is 32.2. The molecule has 1 atom stereocenters. The molecule has 10 heteroatoms. The Labute approximate surface area is 157 Å². The van der Waals surface area contributed by atoms with Crippen molar-refractivity contribution in [1.82, 2.24) is 9.46 Å². The highest BCUT2D eigenvalue weighted by Crippen LogP contribution is 2.34. The first-order chi connectivity index (χ1) is 12.9. The standard InChI is InChI=1S/C17H21N3O6S/c1-11-9-16(19-26-11)18-17(21)13-5-4-8-20(13)27(22,23)15-10-12(24-2)6-7-14(15)25-3/h6-7,9-10,13H,4-5,8H2,1-3H3,(H,18,19,21)/t13-/m0/s1. The van der Waals surface area contributed by atoms with Crippen molar-refractivity contribution in [2.24, 2.45) is 0 Å². The normalized spacial score (nSPS) is 17.7. The summed E-state index contributed by atoms with van der Waals surface area (Å²) in [6, 6.07) is 5.25. The molecule has 27 heavy (non-hydrogen) atoms. The van der Waals surface area contributed by atoms with Crippen LogP contribution in [-0.2, 0) is 14.8 Å². The van der Waals surface area contributed by atoms with Gasteiger partial charge in [-0.15, -0.1) is 0 Å². The van der Waals surface area contributed by atoms with Gasteiger partial charge in [0.15, 0.2) is 5.82 Å². The third-order valence-electron chi connectivity index (χ3n) is 4.34. The van der Waals surface area contributed by atoms with Crippen LogP contribution in [0.4, 0.5) is 5.82 Å². The number of rotatable bonds is 6. The molecule has 0 aliphatic carbocycles. The van der Waals surface area contributed by atoms with E-state index >= 15 is 0 Å². The predicted molar refractivity (Wildman–Crippen MR) is 96.3 cm³/mol. The van der Waals surface area contributed by atoms with E-state index in [9.17, 15) is 13.2 Å². The van der Waals surface area contributed by atoms with Gasteiger partial charge in [-0.2, -0.15) is 4.31 Å². The van der Waals surface area contributed by atoms with Crippen molar-refractivity contribution in [3.63, 3.8) is 0 Å². The lowest BCUT2D eigenvalue weighted by atomic mass is 10.2. The Bertz CT molecular complexity index is 940. The number of amides is 1. The number of anilines is 1. The molecule has 1 aromatic carbocycles. The van der Waals surface area contributed by atoms with Gasteiger partial charge in [-0.1, -0.05) is 5.16 Å². The maximum Gasteiger partial charge on any atom is 0.247 e. The van der Waals surface area contributed by atoms with Gasteiger partial charge in [0.1, 0.15) is 28.2 Å². The van der Waals surface area contributed by atoms with Crippen molar-refractivity contribution in [1.29, 1.82) is 0 Å². The largest absolute Gasteiger partial charge is 0.497 e. The predicted octanol–water partition coefficient (Wildman–Crippen LogP) is 1.79. The molecule has 1 N–H and O–H groups in total. The number of benzene rings is 1. The summed E-state index contributed by atoms with van der Waals surface area (Å²) in [6.45, 7) is 1.93. The van der Waals surface area contributed by atoms with Crippen LogP contribution in [0, 0.1) is 6.92 Å². The third kappa shape index (κ3) is 3.76. The molecule has 0 unspecified atom stereocenters. The van der Waals surface area contributed by atoms with Gasteiger partial charge in [0.25, 0.3) is 0 Å². The number of aromatic nitrogens is 1. The number of hydrogen-bond donors (Lipinski definition) is 1. The summed E-state index contributed by atoms with van der Waals surface area (Å²) in [7, 11) is -1.13. The minimum Gasteiger partial charge on any atom is -0.497 e. The maximum absolute atomic E-state index is 13.2. The maximum atomic E-state index is 13.2. The Balaban J connectivity index is 1.90. The Morgan fingerprint density at radius 1 is 1.30 bits per heavy atom. The van der Waals surface area contributed by atoms with Gasteiger partial charge < -0.3 is 19.3 Å². The Hall–Kier alpha value is -2.59. The second-order valence-electron chi connectivity index (χ2n) is 6.10. The molecule has 1 aliphatic rings. The fraction of sp³-hybridized carbons (Fsp3) is 0.412. The second kappa shape index (κ2) is 7.57. The Kier molecular flexibility index (Phi) is 5.38. The van der Waals surface area contributed by atoms with Gasteiger partial charge in [-0.05, 0) is 31.9 Å². The minimum absolute atomic E-state index is 0.0404. The van der Waals surface area contributed by atoms with Crippen molar-refractivity contribution in [3.8, 4) is 11.5 Å². The number of nitrogens with one attached hydrogen (secondary N) is 1. The average molecular weight is 395 g/mol. The van der Waals surface area contributed by atoms with E-state index in [0.717, 1.165) is 0 Å². The fourth-order valence-corrected chi connectivity index (χ4v) is 4.87. The summed E-state index contributed by atoms with van der Waals surface area (Å²) in [5.41, 5.74) is 0. The van der Waals surface area contributed by atoms with Crippen LogP contribution >= 0.6 is 0 Å². The SMILES string of the molecule is COc1ccc(OC)c(S(=O)(=O)N2CCC[C@H]2C(=O)Nc2cc(C)on2)c1. The molecule has 0 bridgehead atoms. The zero-order chi connectivity index (χ0) is 19.6. The molecule has 146 valence electrons. The van der Waals surface area contributed by atoms with Crippen LogP contribution in [-0.4, -0.2) is 50.6 Å². The molecule has 1 aromatic heterocycles. The van der Waals surface area contributed by atoms with Crippen molar-refractivity contribution < 1.29 is 27.2 Å². The van der Waals surface area contributed by atoms with Crippen LogP contribution < -0.4 is 14.8 Å². The van der Waals surface area contributed by atoms with E-state index in [0.29, 0.717) is 24.4 Å². The number of ether oxygens (including phenoxy) is 2. The van der Waals surface area contributed by atoms with Crippen LogP contribution in [0.2, 0.25) is 0 Å². The first-order valence-electron chi connectivity index (χ1n) is 8.35. The van der Waals surface area contributed by atoms with E-state index < -0.39 is 22.0 Å². The molecule has 3 rings (SSSR count). The number of methoxy groups -OCH3 is 2. The quantitative estimate of drug-likeness (QED) is 0.794. The molecule has 1 aliphatic heterocycles. The van der Waals surface area contributed by atoms with Crippen LogP contribution in [0.1, 0.15) is 18.6 Å². The second-order valence-corrected chi connectivity index (χ2v) is 7.96. The number of nitrogens with zero attached hydrogens (tertiary/aromatic N) is 2. The van der Waals surface area contributed by atoms with Crippen molar-refractivity contribution in [3.05, 3.63) is 30.0 Å². The summed E-state index contributed by atoms with van der Waals surface area (Å²) in [6.07, 6.45) is 0.982. The van der Waals surface area contributed by atoms with Gasteiger partial charge in [-0.3, -0.25) is 4.79 Å². The van der Waals surface area contributed by atoms with E-state index in [2.05, 4.69) is 10.5 Å². The number of hydrogen-bond acceptors (Lipinski definition) is 7. The Morgan fingerprint density at radius 3 is 2.70 bits per heavy atom. The lowest BCUT2D eigenvalue weighted by Crippen LogP contribution is -2.43. The summed E-state index contributed by atoms with van der Waals surface area (Å²) >= 11 is 0. The fourth-order valence-electron chi connectivity index (χ4n) is 3.04. The lowest BCUT2D eigenvalue weighted by molar-refractivity contribution is -0.119. The number of carbonyl (C=O) groups is 1. The monoisotopic (exact) mass is 395 g/mol. The van der Waals surface area contributed by atoms with Gasteiger partial charge >= 0.3 is 0 Å². The van der Waals surface area contributed by atoms with Crippen LogP contribution in [0.25, 0.3) is 0 Å². The summed E-state index contributed by atoms with van der Waals surface area (Å²) < 4.78 is 42.9. The zero-order valence-corrected chi connectivity index (χ0v) is 16.1. The summed E-state index contributed by atoms with van der Waals surface area (Å²) in [5, 5.41) is 6.31. The lowest BCUT2D eigenvalue weighted by Gasteiger charge is -2.24. The van der Waals surface area contributed by atoms with E-state index in [1.165, 1.54) is 30.7 Å². The summed E-state index contributed by atoms with van der Waals surface area (Å²) in [4.78, 5) is 12.6. The van der Waals surface area contributed by atoms with Crippen LogP contribution in [0.15, 0.2) is 33.7 Å². The summed E-state index contributed by atoms with van der Waals surface area (Å²) in [5.74, 6) is 0.913. The average Bonchev–Trinajstić information content (AvgIpc) is 3.30. The molecule has 0 spiro atoms. The molecule has 1 amide bonds. The van der Waals surface area contributed by atoms with Crippen LogP contribution in [0.5, 0.6) is 11.5 Å². The van der Waals surface area contributed by atoms with E-state index in [4.69, 9.17) is 14.0 Å². The van der Waals surface area contributed by atoms with E-state index in [-0.39, 0.29) is 23.0 Å². The highest BCUT2D eigenvalue weighted by molar-refractivity contribution is 7.89. The molecule has 1 fully saturated rings.